The number of carbonyl (C=O) groups is 1. The van der Waals surface area contributed by atoms with Crippen molar-refractivity contribution in [2.75, 3.05) is 5.32 Å². The van der Waals surface area contributed by atoms with Gasteiger partial charge in [-0.25, -0.2) is 0 Å². The lowest BCUT2D eigenvalue weighted by Crippen LogP contribution is -2.27. The molecule has 1 atom stereocenters. The lowest BCUT2D eigenvalue weighted by atomic mass is 10.1. The van der Waals surface area contributed by atoms with Gasteiger partial charge < -0.3 is 11.1 Å². The van der Waals surface area contributed by atoms with Crippen molar-refractivity contribution in [3.8, 4) is 0 Å². The molecule has 1 unspecified atom stereocenters. The fourth-order valence-electron chi connectivity index (χ4n) is 1.76. The molecule has 0 saturated carbocycles. The van der Waals surface area contributed by atoms with Crippen molar-refractivity contribution in [2.45, 2.75) is 19.9 Å². The second kappa shape index (κ2) is 5.23. The number of nitrogens with two attached hydrogens (primary N) is 1. The topological polar surface area (TPSA) is 55.1 Å². The zero-order valence-electron chi connectivity index (χ0n) is 10.4. The Morgan fingerprint density at radius 1 is 1.22 bits per heavy atom. The molecule has 0 fully saturated rings. The van der Waals surface area contributed by atoms with Crippen molar-refractivity contribution in [1.29, 1.82) is 0 Å². The van der Waals surface area contributed by atoms with Crippen LogP contribution in [0.2, 0.25) is 0 Å². The zero-order chi connectivity index (χ0) is 13.1. The van der Waals surface area contributed by atoms with E-state index in [1.165, 1.54) is 5.56 Å². The highest BCUT2D eigenvalue weighted by Gasteiger charge is 2.20. The van der Waals surface area contributed by atoms with Crippen molar-refractivity contribution >= 4 is 22.9 Å². The van der Waals surface area contributed by atoms with Crippen LogP contribution in [0.1, 0.15) is 22.0 Å². The Morgan fingerprint density at radius 3 is 2.39 bits per heavy atom. The lowest BCUT2D eigenvalue weighted by Gasteiger charge is -2.16. The molecule has 1 heterocycles. The maximum atomic E-state index is 11.6. The first-order valence-electron chi connectivity index (χ1n) is 5.74. The fourth-order valence-corrected chi connectivity index (χ4v) is 2.75. The Bertz CT molecular complexity index is 545. The van der Waals surface area contributed by atoms with Crippen molar-refractivity contribution in [3.05, 3.63) is 51.7 Å². The molecule has 94 valence electrons. The van der Waals surface area contributed by atoms with Crippen LogP contribution in [0.3, 0.4) is 0 Å². The summed E-state index contributed by atoms with van der Waals surface area (Å²) in [5.41, 5.74) is 8.65. The average Bonchev–Trinajstić information content (AvgIpc) is 2.74. The van der Waals surface area contributed by atoms with E-state index in [1.807, 2.05) is 49.6 Å². The van der Waals surface area contributed by atoms with Crippen molar-refractivity contribution in [3.63, 3.8) is 0 Å². The van der Waals surface area contributed by atoms with Gasteiger partial charge in [0.05, 0.1) is 0 Å². The molecule has 2 aromatic rings. The van der Waals surface area contributed by atoms with Crippen LogP contribution in [0.15, 0.2) is 35.7 Å². The van der Waals surface area contributed by atoms with Crippen LogP contribution in [-0.2, 0) is 4.79 Å². The number of carbonyl (C=O) groups excluding carboxylic acids is 1. The molecule has 0 saturated heterocycles. The van der Waals surface area contributed by atoms with Crippen LogP contribution in [0, 0.1) is 13.8 Å². The largest absolute Gasteiger partial charge is 0.369 e. The predicted molar refractivity (Wildman–Crippen MR) is 75.8 cm³/mol. The molecule has 0 radical (unpaired) electrons. The highest BCUT2D eigenvalue weighted by atomic mass is 32.1. The fraction of sp³-hybridized carbons (Fsp3) is 0.214. The van der Waals surface area contributed by atoms with Gasteiger partial charge in [0.15, 0.2) is 0 Å². The van der Waals surface area contributed by atoms with Crippen LogP contribution in [0.25, 0.3) is 0 Å². The average molecular weight is 260 g/mol. The van der Waals surface area contributed by atoms with E-state index in [0.29, 0.717) is 0 Å². The summed E-state index contributed by atoms with van der Waals surface area (Å²) in [6.45, 7) is 4.01. The molecule has 0 aliphatic rings. The van der Waals surface area contributed by atoms with E-state index in [0.717, 1.165) is 16.1 Å². The van der Waals surface area contributed by atoms with E-state index < -0.39 is 6.04 Å². The third kappa shape index (κ3) is 2.71. The predicted octanol–water partition coefficient (Wildman–Crippen LogP) is 3.00. The number of hydrogen-bond acceptors (Lipinski definition) is 3. The molecule has 2 rings (SSSR count). The molecule has 0 bridgehead atoms. The molecule has 1 amide bonds. The Balaban J connectivity index is 2.25. The second-order valence-electron chi connectivity index (χ2n) is 4.31. The normalized spacial score (nSPS) is 12.1. The summed E-state index contributed by atoms with van der Waals surface area (Å²) in [6, 6.07) is 9.44. The summed E-state index contributed by atoms with van der Waals surface area (Å²) >= 11 is 1.55. The van der Waals surface area contributed by atoms with Crippen LogP contribution in [-0.4, -0.2) is 5.91 Å². The first kappa shape index (κ1) is 12.6. The maximum Gasteiger partial charge on any atom is 0.245 e. The highest BCUT2D eigenvalue weighted by molar-refractivity contribution is 7.10. The number of amides is 1. The van der Waals surface area contributed by atoms with Gasteiger partial charge in [-0.2, -0.15) is 0 Å². The SMILES string of the molecule is Cc1ccc(NC(C(N)=O)c2sccc2C)cc1. The first-order chi connectivity index (χ1) is 8.58. The molecule has 3 N–H and O–H groups in total. The van der Waals surface area contributed by atoms with Crippen molar-refractivity contribution < 1.29 is 4.79 Å². The zero-order valence-corrected chi connectivity index (χ0v) is 11.3. The number of primary amides is 1. The quantitative estimate of drug-likeness (QED) is 0.888. The third-order valence-electron chi connectivity index (χ3n) is 2.81. The van der Waals surface area contributed by atoms with Crippen molar-refractivity contribution in [1.82, 2.24) is 0 Å². The summed E-state index contributed by atoms with van der Waals surface area (Å²) < 4.78 is 0. The molecule has 1 aromatic heterocycles. The van der Waals surface area contributed by atoms with Gasteiger partial charge in [-0.3, -0.25) is 4.79 Å². The number of aryl methyl sites for hydroxylation is 2. The Morgan fingerprint density at radius 2 is 1.89 bits per heavy atom. The Labute approximate surface area is 111 Å². The standard InChI is InChI=1S/C14H16N2OS/c1-9-3-5-11(6-4-9)16-12(14(15)17)13-10(2)7-8-18-13/h3-8,12,16H,1-2H3,(H2,15,17). The molecule has 0 aliphatic carbocycles. The van der Waals surface area contributed by atoms with Crippen LogP contribution >= 0.6 is 11.3 Å². The molecule has 4 heteroatoms. The minimum absolute atomic E-state index is 0.360. The van der Waals surface area contributed by atoms with Gasteiger partial charge in [-0.05, 0) is 43.0 Å². The molecule has 0 spiro atoms. The summed E-state index contributed by atoms with van der Waals surface area (Å²) in [7, 11) is 0. The third-order valence-corrected chi connectivity index (χ3v) is 3.89. The summed E-state index contributed by atoms with van der Waals surface area (Å²) in [6.07, 6.45) is 0. The number of benzene rings is 1. The Hall–Kier alpha value is -1.81. The number of rotatable bonds is 4. The number of thiophene rings is 1. The molecule has 3 nitrogen and oxygen atoms in total. The van der Waals surface area contributed by atoms with Crippen LogP contribution in [0.4, 0.5) is 5.69 Å². The number of nitrogens with one attached hydrogen (secondary N) is 1. The molecule has 0 aliphatic heterocycles. The summed E-state index contributed by atoms with van der Waals surface area (Å²) in [4.78, 5) is 12.6. The molecule has 1 aromatic carbocycles. The van der Waals surface area contributed by atoms with E-state index in [1.54, 1.807) is 11.3 Å². The van der Waals surface area contributed by atoms with Gasteiger partial charge in [0.2, 0.25) is 5.91 Å². The molecule has 18 heavy (non-hydrogen) atoms. The minimum atomic E-state index is -0.465. The number of hydrogen-bond donors (Lipinski definition) is 2. The smallest absolute Gasteiger partial charge is 0.245 e. The van der Waals surface area contributed by atoms with E-state index in [4.69, 9.17) is 5.73 Å². The van der Waals surface area contributed by atoms with Crippen LogP contribution in [0.5, 0.6) is 0 Å². The van der Waals surface area contributed by atoms with Crippen LogP contribution < -0.4 is 11.1 Å². The van der Waals surface area contributed by atoms with E-state index >= 15 is 0 Å². The van der Waals surface area contributed by atoms with Gasteiger partial charge in [-0.1, -0.05) is 17.7 Å². The van der Waals surface area contributed by atoms with E-state index in [2.05, 4.69) is 5.32 Å². The lowest BCUT2D eigenvalue weighted by molar-refractivity contribution is -0.118. The molecular weight excluding hydrogens is 244 g/mol. The van der Waals surface area contributed by atoms with Gasteiger partial charge in [0, 0.05) is 10.6 Å². The summed E-state index contributed by atoms with van der Waals surface area (Å²) in [5.74, 6) is -0.360. The maximum absolute atomic E-state index is 11.6. The van der Waals surface area contributed by atoms with E-state index in [9.17, 15) is 4.79 Å². The first-order valence-corrected chi connectivity index (χ1v) is 6.62. The highest BCUT2D eigenvalue weighted by Crippen LogP contribution is 2.27. The summed E-state index contributed by atoms with van der Waals surface area (Å²) in [5, 5.41) is 5.15. The second-order valence-corrected chi connectivity index (χ2v) is 5.26. The van der Waals surface area contributed by atoms with Gasteiger partial charge in [0.1, 0.15) is 6.04 Å². The number of anilines is 1. The molecular formula is C14H16N2OS. The Kier molecular flexibility index (Phi) is 3.67. The van der Waals surface area contributed by atoms with Gasteiger partial charge >= 0.3 is 0 Å². The minimum Gasteiger partial charge on any atom is -0.369 e. The van der Waals surface area contributed by atoms with Gasteiger partial charge in [0.25, 0.3) is 0 Å². The monoisotopic (exact) mass is 260 g/mol. The van der Waals surface area contributed by atoms with E-state index in [-0.39, 0.29) is 5.91 Å². The van der Waals surface area contributed by atoms with Crippen molar-refractivity contribution in [2.24, 2.45) is 5.73 Å². The van der Waals surface area contributed by atoms with Gasteiger partial charge in [-0.15, -0.1) is 11.3 Å².